The molecule has 0 atom stereocenters. The number of carbonyl (C=O) groups is 1. The lowest BCUT2D eigenvalue weighted by Gasteiger charge is -2.15. The number of carbonyl (C=O) groups excluding carboxylic acids is 1. The first-order valence-corrected chi connectivity index (χ1v) is 6.96. The Bertz CT molecular complexity index is 658. The maximum absolute atomic E-state index is 13.8. The Morgan fingerprint density at radius 1 is 1.04 bits per heavy atom. The normalized spacial score (nSPS) is 11.8. The van der Waals surface area contributed by atoms with Crippen LogP contribution in [0.5, 0.6) is 0 Å². The van der Waals surface area contributed by atoms with Crippen LogP contribution in [-0.4, -0.2) is 36.5 Å². The summed E-state index contributed by atoms with van der Waals surface area (Å²) >= 11 is 4.57. The van der Waals surface area contributed by atoms with Crippen LogP contribution in [-0.2, 0) is 0 Å². The highest BCUT2D eigenvalue weighted by atomic mass is 32.1. The smallest absolute Gasteiger partial charge is 0.353 e. The number of amides is 1. The van der Waals surface area contributed by atoms with Gasteiger partial charge >= 0.3 is 12.4 Å². The van der Waals surface area contributed by atoms with Crippen molar-refractivity contribution in [2.45, 2.75) is 19.3 Å². The number of anilines is 1. The minimum absolute atomic E-state index is 0.0388. The molecule has 0 saturated carbocycles. The lowest BCUT2D eigenvalue weighted by Crippen LogP contribution is -2.37. The summed E-state index contributed by atoms with van der Waals surface area (Å²) in [4.78, 5) is 11.8. The second-order valence-corrected chi connectivity index (χ2v) is 5.28. The molecule has 0 bridgehead atoms. The topological polar surface area (TPSA) is 53.2 Å². The zero-order chi connectivity index (χ0) is 19.4. The van der Waals surface area contributed by atoms with Crippen molar-refractivity contribution in [2.75, 3.05) is 18.4 Å². The van der Waals surface area contributed by atoms with Gasteiger partial charge in [-0.05, 0) is 36.8 Å². The number of aryl methyl sites for hydroxylation is 1. The summed E-state index contributed by atoms with van der Waals surface area (Å²) in [6.07, 6.45) is -9.19. The van der Waals surface area contributed by atoms with Gasteiger partial charge in [0.05, 0.1) is 5.69 Å². The Hall–Kier alpha value is -2.11. The minimum atomic E-state index is -4.63. The molecule has 0 spiro atoms. The van der Waals surface area contributed by atoms with Crippen molar-refractivity contribution in [3.63, 3.8) is 0 Å². The molecule has 0 saturated heterocycles. The molecule has 0 heterocycles. The molecule has 0 aliphatic carbocycles. The molecule has 25 heavy (non-hydrogen) atoms. The maximum Gasteiger partial charge on any atom is 0.405 e. The van der Waals surface area contributed by atoms with Gasteiger partial charge in [-0.1, -0.05) is 0 Å². The molecule has 12 heteroatoms. The summed E-state index contributed by atoms with van der Waals surface area (Å²) in [6.45, 7) is -1.77. The Morgan fingerprint density at radius 3 is 2.08 bits per heavy atom. The highest BCUT2D eigenvalue weighted by molar-refractivity contribution is 7.80. The summed E-state index contributed by atoms with van der Waals surface area (Å²) in [7, 11) is 0. The van der Waals surface area contributed by atoms with Crippen molar-refractivity contribution in [3.8, 4) is 0 Å². The van der Waals surface area contributed by atoms with Crippen molar-refractivity contribution in [1.29, 1.82) is 0 Å². The Balaban J connectivity index is 2.88. The molecule has 140 valence electrons. The van der Waals surface area contributed by atoms with Gasteiger partial charge in [-0.3, -0.25) is 4.79 Å². The lowest BCUT2D eigenvalue weighted by molar-refractivity contribution is -0.123. The van der Waals surface area contributed by atoms with Crippen molar-refractivity contribution in [2.24, 2.45) is 0 Å². The number of halogens is 7. The van der Waals surface area contributed by atoms with Crippen LogP contribution in [0.25, 0.3) is 0 Å². The first kappa shape index (κ1) is 20.9. The standard InChI is InChI=1S/C13H12F7N3OS/c1-6-2-8(14)9(23-11(25)22-5-13(18,19)20)3-7(6)10(24)21-4-12(15,16)17/h2-3H,4-5H2,1H3,(H,21,24)(H2,22,23,25). The fourth-order valence-corrected chi connectivity index (χ4v) is 1.82. The Labute approximate surface area is 142 Å². The molecular weight excluding hydrogens is 379 g/mol. The number of rotatable bonds is 4. The van der Waals surface area contributed by atoms with Crippen LogP contribution in [0.15, 0.2) is 12.1 Å². The molecule has 4 nitrogen and oxygen atoms in total. The number of hydrogen-bond acceptors (Lipinski definition) is 2. The minimum Gasteiger partial charge on any atom is -0.353 e. The Kier molecular flexibility index (Phi) is 6.57. The molecule has 1 aromatic rings. The predicted molar refractivity (Wildman–Crippen MR) is 79.8 cm³/mol. The number of nitrogens with one attached hydrogen (secondary N) is 3. The third-order valence-corrected chi connectivity index (χ3v) is 2.95. The highest BCUT2D eigenvalue weighted by Gasteiger charge is 2.29. The summed E-state index contributed by atoms with van der Waals surface area (Å²) < 4.78 is 86.4. The van der Waals surface area contributed by atoms with Crippen LogP contribution < -0.4 is 16.0 Å². The van der Waals surface area contributed by atoms with Crippen LogP contribution in [0.1, 0.15) is 15.9 Å². The van der Waals surface area contributed by atoms with E-state index in [1.807, 2.05) is 0 Å². The molecule has 0 aliphatic rings. The molecule has 3 N–H and O–H groups in total. The van der Waals surface area contributed by atoms with Gasteiger partial charge < -0.3 is 16.0 Å². The van der Waals surface area contributed by atoms with E-state index in [1.54, 1.807) is 10.6 Å². The van der Waals surface area contributed by atoms with Gasteiger partial charge in [0.25, 0.3) is 5.91 Å². The molecule has 0 unspecified atom stereocenters. The second-order valence-electron chi connectivity index (χ2n) is 4.87. The zero-order valence-electron chi connectivity index (χ0n) is 12.5. The van der Waals surface area contributed by atoms with Crippen molar-refractivity contribution < 1.29 is 35.5 Å². The third-order valence-electron chi connectivity index (χ3n) is 2.71. The number of hydrogen-bond donors (Lipinski definition) is 3. The van der Waals surface area contributed by atoms with E-state index >= 15 is 0 Å². The summed E-state index contributed by atoms with van der Waals surface area (Å²) in [6, 6.07) is 1.70. The van der Waals surface area contributed by atoms with Crippen molar-refractivity contribution >= 4 is 28.9 Å². The fourth-order valence-electron chi connectivity index (χ4n) is 1.64. The van der Waals surface area contributed by atoms with Gasteiger partial charge in [0.2, 0.25) is 0 Å². The van der Waals surface area contributed by atoms with E-state index in [9.17, 15) is 35.5 Å². The molecule has 0 aliphatic heterocycles. The van der Waals surface area contributed by atoms with Gasteiger partial charge in [-0.2, -0.15) is 26.3 Å². The van der Waals surface area contributed by atoms with E-state index in [4.69, 9.17) is 0 Å². The summed E-state index contributed by atoms with van der Waals surface area (Å²) in [5.74, 6) is -2.06. The first-order chi connectivity index (χ1) is 11.3. The number of thiocarbonyl (C=S) groups is 1. The van der Waals surface area contributed by atoms with Gasteiger partial charge in [0.15, 0.2) is 5.11 Å². The van der Waals surface area contributed by atoms with Gasteiger partial charge in [0.1, 0.15) is 18.9 Å². The van der Waals surface area contributed by atoms with E-state index in [0.717, 1.165) is 12.1 Å². The van der Waals surface area contributed by atoms with Crippen LogP contribution in [0.3, 0.4) is 0 Å². The lowest BCUT2D eigenvalue weighted by atomic mass is 10.1. The monoisotopic (exact) mass is 391 g/mol. The molecular formula is C13H12F7N3OS. The van der Waals surface area contributed by atoms with Gasteiger partial charge in [-0.15, -0.1) is 0 Å². The van der Waals surface area contributed by atoms with Crippen LogP contribution >= 0.6 is 12.2 Å². The summed E-state index contributed by atoms with van der Waals surface area (Å²) in [5.41, 5.74) is -0.703. The van der Waals surface area contributed by atoms with Gasteiger partial charge in [0, 0.05) is 5.56 Å². The molecule has 0 fully saturated rings. The zero-order valence-corrected chi connectivity index (χ0v) is 13.3. The van der Waals surface area contributed by atoms with E-state index < -0.39 is 48.0 Å². The summed E-state index contributed by atoms with van der Waals surface area (Å²) in [5, 5.41) is 4.95. The van der Waals surface area contributed by atoms with E-state index in [0.29, 0.717) is 0 Å². The number of benzene rings is 1. The highest BCUT2D eigenvalue weighted by Crippen LogP contribution is 2.21. The first-order valence-electron chi connectivity index (χ1n) is 6.55. The molecule has 1 amide bonds. The third kappa shape index (κ3) is 7.54. The Morgan fingerprint density at radius 2 is 1.56 bits per heavy atom. The van der Waals surface area contributed by atoms with E-state index in [-0.39, 0.29) is 11.1 Å². The van der Waals surface area contributed by atoms with Crippen LogP contribution in [0.4, 0.5) is 36.4 Å². The fraction of sp³-hybridized carbons (Fsp3) is 0.385. The predicted octanol–water partition coefficient (Wildman–Crippen LogP) is 3.27. The second kappa shape index (κ2) is 7.85. The van der Waals surface area contributed by atoms with Crippen molar-refractivity contribution in [3.05, 3.63) is 29.1 Å². The molecule has 0 radical (unpaired) electrons. The molecule has 1 rings (SSSR count). The van der Waals surface area contributed by atoms with Crippen LogP contribution in [0, 0.1) is 12.7 Å². The quantitative estimate of drug-likeness (QED) is 0.545. The van der Waals surface area contributed by atoms with Crippen LogP contribution in [0.2, 0.25) is 0 Å². The maximum atomic E-state index is 13.8. The van der Waals surface area contributed by atoms with Gasteiger partial charge in [-0.25, -0.2) is 4.39 Å². The average molecular weight is 391 g/mol. The van der Waals surface area contributed by atoms with Crippen molar-refractivity contribution in [1.82, 2.24) is 10.6 Å². The largest absolute Gasteiger partial charge is 0.405 e. The van der Waals surface area contributed by atoms with E-state index in [2.05, 4.69) is 17.5 Å². The number of alkyl halides is 6. The molecule has 0 aromatic heterocycles. The SMILES string of the molecule is Cc1cc(F)c(NC(=S)NCC(F)(F)F)cc1C(=O)NCC(F)(F)F. The van der Waals surface area contributed by atoms with E-state index in [1.165, 1.54) is 6.92 Å². The average Bonchev–Trinajstić information content (AvgIpc) is 2.44. The molecule has 1 aromatic carbocycles.